The van der Waals surface area contributed by atoms with Crippen molar-refractivity contribution in [2.24, 2.45) is 5.73 Å². The standard InChI is InChI=1S/C11H15N3O3/c1-3-7(2)13-9-5-4-8(11(12)15)6-10(9)14(16)17/h4-7,13H,3H2,1-2H3,(H2,12,15). The van der Waals surface area contributed by atoms with Gasteiger partial charge >= 0.3 is 0 Å². The molecule has 17 heavy (non-hydrogen) atoms. The van der Waals surface area contributed by atoms with E-state index in [4.69, 9.17) is 5.73 Å². The number of rotatable bonds is 5. The number of nitrogens with one attached hydrogen (secondary N) is 1. The summed E-state index contributed by atoms with van der Waals surface area (Å²) in [6.07, 6.45) is 0.842. The van der Waals surface area contributed by atoms with Gasteiger partial charge in [-0.25, -0.2) is 0 Å². The third-order valence-electron chi connectivity index (χ3n) is 2.49. The maximum absolute atomic E-state index is 10.9. The molecule has 0 aliphatic rings. The molecule has 3 N–H and O–H groups in total. The van der Waals surface area contributed by atoms with E-state index in [2.05, 4.69) is 5.32 Å². The highest BCUT2D eigenvalue weighted by molar-refractivity contribution is 5.94. The minimum absolute atomic E-state index is 0.119. The second kappa shape index (κ2) is 5.29. The van der Waals surface area contributed by atoms with Gasteiger partial charge in [0.1, 0.15) is 5.69 Å². The molecule has 1 rings (SSSR count). The van der Waals surface area contributed by atoms with E-state index in [9.17, 15) is 14.9 Å². The molecule has 1 amide bonds. The molecule has 1 atom stereocenters. The van der Waals surface area contributed by atoms with Crippen LogP contribution in [-0.4, -0.2) is 16.9 Å². The number of anilines is 1. The van der Waals surface area contributed by atoms with Crippen LogP contribution in [0.4, 0.5) is 11.4 Å². The third-order valence-corrected chi connectivity index (χ3v) is 2.49. The molecule has 0 saturated heterocycles. The van der Waals surface area contributed by atoms with Gasteiger partial charge in [0.05, 0.1) is 4.92 Å². The summed E-state index contributed by atoms with van der Waals surface area (Å²) >= 11 is 0. The van der Waals surface area contributed by atoms with Crippen molar-refractivity contribution in [2.75, 3.05) is 5.32 Å². The van der Waals surface area contributed by atoms with Crippen molar-refractivity contribution in [1.82, 2.24) is 0 Å². The summed E-state index contributed by atoms with van der Waals surface area (Å²) in [5, 5.41) is 13.9. The van der Waals surface area contributed by atoms with Crippen molar-refractivity contribution in [3.05, 3.63) is 33.9 Å². The summed E-state index contributed by atoms with van der Waals surface area (Å²) in [5.74, 6) is -0.678. The highest BCUT2D eigenvalue weighted by atomic mass is 16.6. The number of nitro groups is 1. The molecule has 0 heterocycles. The predicted octanol–water partition coefficient (Wildman–Crippen LogP) is 1.90. The van der Waals surface area contributed by atoms with Gasteiger partial charge in [0, 0.05) is 17.7 Å². The van der Waals surface area contributed by atoms with E-state index in [0.717, 1.165) is 6.42 Å². The molecule has 0 aliphatic heterocycles. The lowest BCUT2D eigenvalue weighted by Crippen LogP contribution is -2.16. The molecule has 1 unspecified atom stereocenters. The Hall–Kier alpha value is -2.11. The zero-order valence-corrected chi connectivity index (χ0v) is 9.77. The number of benzene rings is 1. The highest BCUT2D eigenvalue weighted by Crippen LogP contribution is 2.26. The Morgan fingerprint density at radius 2 is 2.24 bits per heavy atom. The number of primary amides is 1. The lowest BCUT2D eigenvalue weighted by Gasteiger charge is -2.13. The summed E-state index contributed by atoms with van der Waals surface area (Å²) in [6.45, 7) is 3.90. The molecule has 0 aromatic heterocycles. The summed E-state index contributed by atoms with van der Waals surface area (Å²) in [4.78, 5) is 21.3. The van der Waals surface area contributed by atoms with Crippen LogP contribution in [0.25, 0.3) is 0 Å². The number of hydrogen-bond acceptors (Lipinski definition) is 4. The van der Waals surface area contributed by atoms with Crippen LogP contribution in [0.2, 0.25) is 0 Å². The summed E-state index contributed by atoms with van der Waals surface area (Å²) < 4.78 is 0. The van der Waals surface area contributed by atoms with E-state index in [1.165, 1.54) is 18.2 Å². The summed E-state index contributed by atoms with van der Waals surface area (Å²) in [5.41, 5.74) is 5.47. The van der Waals surface area contributed by atoms with Crippen LogP contribution in [0, 0.1) is 10.1 Å². The van der Waals surface area contributed by atoms with Crippen LogP contribution >= 0.6 is 0 Å². The number of nitrogens with zero attached hydrogens (tertiary/aromatic N) is 1. The number of amides is 1. The van der Waals surface area contributed by atoms with Gasteiger partial charge in [0.15, 0.2) is 0 Å². The van der Waals surface area contributed by atoms with E-state index in [1.54, 1.807) is 0 Å². The molecule has 0 fully saturated rings. The minimum atomic E-state index is -0.678. The monoisotopic (exact) mass is 237 g/mol. The van der Waals surface area contributed by atoms with Crippen molar-refractivity contribution < 1.29 is 9.72 Å². The Morgan fingerprint density at radius 1 is 1.59 bits per heavy atom. The van der Waals surface area contributed by atoms with Crippen LogP contribution in [0.15, 0.2) is 18.2 Å². The van der Waals surface area contributed by atoms with Crippen molar-refractivity contribution in [1.29, 1.82) is 0 Å². The number of carbonyl (C=O) groups is 1. The molecule has 0 bridgehead atoms. The fraction of sp³-hybridized carbons (Fsp3) is 0.364. The Morgan fingerprint density at radius 3 is 2.71 bits per heavy atom. The topological polar surface area (TPSA) is 98.3 Å². The van der Waals surface area contributed by atoms with Gasteiger partial charge in [-0.1, -0.05) is 6.92 Å². The quantitative estimate of drug-likeness (QED) is 0.603. The highest BCUT2D eigenvalue weighted by Gasteiger charge is 2.17. The largest absolute Gasteiger partial charge is 0.377 e. The average Bonchev–Trinajstić information content (AvgIpc) is 2.28. The van der Waals surface area contributed by atoms with Gasteiger partial charge in [-0.3, -0.25) is 14.9 Å². The smallest absolute Gasteiger partial charge is 0.293 e. The number of hydrogen-bond donors (Lipinski definition) is 2. The molecule has 6 nitrogen and oxygen atoms in total. The van der Waals surface area contributed by atoms with Gasteiger partial charge in [0.25, 0.3) is 5.69 Å². The fourth-order valence-electron chi connectivity index (χ4n) is 1.33. The summed E-state index contributed by atoms with van der Waals surface area (Å²) in [7, 11) is 0. The third kappa shape index (κ3) is 3.17. The Labute approximate surface area is 99.0 Å². The molecule has 92 valence electrons. The molecular weight excluding hydrogens is 222 g/mol. The Bertz CT molecular complexity index is 446. The fourth-order valence-corrected chi connectivity index (χ4v) is 1.33. The van der Waals surface area contributed by atoms with Gasteiger partial charge < -0.3 is 11.1 Å². The van der Waals surface area contributed by atoms with Crippen molar-refractivity contribution in [3.8, 4) is 0 Å². The van der Waals surface area contributed by atoms with Crippen molar-refractivity contribution in [3.63, 3.8) is 0 Å². The van der Waals surface area contributed by atoms with E-state index in [1.807, 2.05) is 13.8 Å². The van der Waals surface area contributed by atoms with Gasteiger partial charge in [-0.05, 0) is 25.5 Å². The maximum atomic E-state index is 10.9. The second-order valence-corrected chi connectivity index (χ2v) is 3.81. The van der Waals surface area contributed by atoms with E-state index < -0.39 is 10.8 Å². The lowest BCUT2D eigenvalue weighted by atomic mass is 10.1. The van der Waals surface area contributed by atoms with Crippen LogP contribution < -0.4 is 11.1 Å². The lowest BCUT2D eigenvalue weighted by molar-refractivity contribution is -0.384. The molecule has 1 aromatic carbocycles. The van der Waals surface area contributed by atoms with Crippen LogP contribution in [0.1, 0.15) is 30.6 Å². The van der Waals surface area contributed by atoms with Crippen LogP contribution in [0.3, 0.4) is 0 Å². The number of carbonyl (C=O) groups excluding carboxylic acids is 1. The molecular formula is C11H15N3O3. The second-order valence-electron chi connectivity index (χ2n) is 3.81. The van der Waals surface area contributed by atoms with E-state index >= 15 is 0 Å². The molecule has 0 aliphatic carbocycles. The normalized spacial score (nSPS) is 11.9. The zero-order chi connectivity index (χ0) is 13.0. The first-order valence-corrected chi connectivity index (χ1v) is 5.30. The maximum Gasteiger partial charge on any atom is 0.293 e. The van der Waals surface area contributed by atoms with E-state index in [0.29, 0.717) is 5.69 Å². The molecule has 0 spiro atoms. The van der Waals surface area contributed by atoms with Gasteiger partial charge in [-0.2, -0.15) is 0 Å². The number of nitro benzene ring substituents is 1. The Balaban J connectivity index is 3.13. The van der Waals surface area contributed by atoms with Gasteiger partial charge in [0.2, 0.25) is 5.91 Å². The zero-order valence-electron chi connectivity index (χ0n) is 9.77. The minimum Gasteiger partial charge on any atom is -0.377 e. The first-order chi connectivity index (χ1) is 7.95. The summed E-state index contributed by atoms with van der Waals surface area (Å²) in [6, 6.07) is 4.28. The first-order valence-electron chi connectivity index (χ1n) is 5.30. The molecule has 0 saturated carbocycles. The SMILES string of the molecule is CCC(C)Nc1ccc(C(N)=O)cc1[N+](=O)[O-]. The molecule has 1 aromatic rings. The van der Waals surface area contributed by atoms with Crippen molar-refractivity contribution >= 4 is 17.3 Å². The van der Waals surface area contributed by atoms with Crippen LogP contribution in [0.5, 0.6) is 0 Å². The number of nitrogens with two attached hydrogens (primary N) is 1. The molecule has 6 heteroatoms. The Kier molecular flexibility index (Phi) is 4.03. The van der Waals surface area contributed by atoms with E-state index in [-0.39, 0.29) is 17.3 Å². The van der Waals surface area contributed by atoms with Crippen LogP contribution in [-0.2, 0) is 0 Å². The first kappa shape index (κ1) is 13.0. The van der Waals surface area contributed by atoms with Gasteiger partial charge in [-0.15, -0.1) is 0 Å². The predicted molar refractivity (Wildman–Crippen MR) is 65.0 cm³/mol. The van der Waals surface area contributed by atoms with Crippen molar-refractivity contribution in [2.45, 2.75) is 26.3 Å². The average molecular weight is 237 g/mol. The molecule has 0 radical (unpaired) electrons.